The van der Waals surface area contributed by atoms with E-state index in [-0.39, 0.29) is 0 Å². The van der Waals surface area contributed by atoms with E-state index in [9.17, 15) is 9.59 Å². The summed E-state index contributed by atoms with van der Waals surface area (Å²) < 4.78 is 5.21. The summed E-state index contributed by atoms with van der Waals surface area (Å²) >= 11 is 1.32. The van der Waals surface area contributed by atoms with Crippen LogP contribution in [-0.2, 0) is 9.53 Å². The minimum absolute atomic E-state index is 0.361. The molecule has 0 bridgehead atoms. The summed E-state index contributed by atoms with van der Waals surface area (Å²) in [6, 6.07) is 6.79. The Balaban J connectivity index is 1.60. The van der Waals surface area contributed by atoms with Gasteiger partial charge in [0, 0.05) is 23.3 Å². The first-order valence-corrected chi connectivity index (χ1v) is 8.44. The van der Waals surface area contributed by atoms with Crippen molar-refractivity contribution < 1.29 is 14.3 Å². The predicted octanol–water partition coefficient (Wildman–Crippen LogP) is 3.03. The highest BCUT2D eigenvalue weighted by Crippen LogP contribution is 2.17. The number of anilines is 1. The number of nitrogens with one attached hydrogen (secondary N) is 2. The van der Waals surface area contributed by atoms with E-state index in [1.165, 1.54) is 18.3 Å². The maximum atomic E-state index is 12.2. The van der Waals surface area contributed by atoms with Crippen LogP contribution >= 0.6 is 11.3 Å². The van der Waals surface area contributed by atoms with Gasteiger partial charge in [0.15, 0.2) is 11.2 Å². The summed E-state index contributed by atoms with van der Waals surface area (Å²) in [6.07, 6.45) is 2.45. The van der Waals surface area contributed by atoms with Crippen LogP contribution in [0.5, 0.6) is 0 Å². The highest BCUT2D eigenvalue weighted by Gasteiger charge is 2.20. The maximum absolute atomic E-state index is 12.2. The second-order valence-corrected chi connectivity index (χ2v) is 6.20. The molecule has 8 heteroatoms. The zero-order valence-electron chi connectivity index (χ0n) is 13.6. The van der Waals surface area contributed by atoms with E-state index in [0.29, 0.717) is 16.5 Å². The Kier molecular flexibility index (Phi) is 4.90. The standard InChI is InChI=1S/C17H16N4O3S/c1-10-9-25-17(20-10)21-15(22)11(2)24-16(23)13-5-3-12(4-6-13)14-18-7-8-19-14/h3-9,11H,1-2H3,(H,18,19)(H,20,21,22). The molecule has 25 heavy (non-hydrogen) atoms. The predicted molar refractivity (Wildman–Crippen MR) is 94.4 cm³/mol. The summed E-state index contributed by atoms with van der Waals surface area (Å²) in [4.78, 5) is 35.5. The molecule has 0 fully saturated rings. The Morgan fingerprint density at radius 2 is 2.04 bits per heavy atom. The lowest BCUT2D eigenvalue weighted by Gasteiger charge is -2.12. The number of hydrogen-bond donors (Lipinski definition) is 2. The zero-order chi connectivity index (χ0) is 17.8. The molecule has 1 atom stereocenters. The van der Waals surface area contributed by atoms with Crippen LogP contribution in [0, 0.1) is 6.92 Å². The molecule has 3 rings (SSSR count). The quantitative estimate of drug-likeness (QED) is 0.685. The molecular formula is C17H16N4O3S. The average molecular weight is 356 g/mol. The van der Waals surface area contributed by atoms with Crippen molar-refractivity contribution in [2.24, 2.45) is 0 Å². The number of H-pyrrole nitrogens is 1. The van der Waals surface area contributed by atoms with Crippen molar-refractivity contribution in [1.29, 1.82) is 0 Å². The Morgan fingerprint density at radius 1 is 1.28 bits per heavy atom. The molecule has 1 aromatic carbocycles. The van der Waals surface area contributed by atoms with Gasteiger partial charge in [0.1, 0.15) is 5.82 Å². The van der Waals surface area contributed by atoms with Gasteiger partial charge in [-0.1, -0.05) is 12.1 Å². The first-order chi connectivity index (χ1) is 12.0. The average Bonchev–Trinajstić information content (AvgIpc) is 3.27. The minimum atomic E-state index is -0.929. The van der Waals surface area contributed by atoms with Crippen molar-refractivity contribution in [1.82, 2.24) is 15.0 Å². The molecule has 0 saturated carbocycles. The van der Waals surface area contributed by atoms with Crippen LogP contribution in [0.2, 0.25) is 0 Å². The van der Waals surface area contributed by atoms with E-state index >= 15 is 0 Å². The molecule has 0 aliphatic rings. The second-order valence-electron chi connectivity index (χ2n) is 5.35. The number of esters is 1. The molecule has 0 aliphatic carbocycles. The molecule has 3 aromatic rings. The first-order valence-electron chi connectivity index (χ1n) is 7.56. The van der Waals surface area contributed by atoms with Gasteiger partial charge in [-0.05, 0) is 26.0 Å². The second kappa shape index (κ2) is 7.27. The van der Waals surface area contributed by atoms with Gasteiger partial charge in [-0.15, -0.1) is 11.3 Å². The maximum Gasteiger partial charge on any atom is 0.338 e. The molecule has 2 aromatic heterocycles. The summed E-state index contributed by atoms with van der Waals surface area (Å²) in [7, 11) is 0. The summed E-state index contributed by atoms with van der Waals surface area (Å²) in [5.41, 5.74) is 2.04. The van der Waals surface area contributed by atoms with Crippen molar-refractivity contribution in [2.45, 2.75) is 20.0 Å². The Labute approximate surface area is 148 Å². The van der Waals surface area contributed by atoms with Crippen molar-refractivity contribution in [2.75, 3.05) is 5.32 Å². The number of amides is 1. The van der Waals surface area contributed by atoms with Crippen molar-refractivity contribution in [3.63, 3.8) is 0 Å². The summed E-state index contributed by atoms with van der Waals surface area (Å²) in [5.74, 6) is -0.273. The lowest BCUT2D eigenvalue weighted by molar-refractivity contribution is -0.123. The number of carbonyl (C=O) groups excluding carboxylic acids is 2. The SMILES string of the molecule is Cc1csc(NC(=O)C(C)OC(=O)c2ccc(-c3ncc[nH]3)cc2)n1. The minimum Gasteiger partial charge on any atom is -0.449 e. The molecule has 2 heterocycles. The number of aromatic amines is 1. The fourth-order valence-electron chi connectivity index (χ4n) is 2.09. The van der Waals surface area contributed by atoms with Gasteiger partial charge in [-0.3, -0.25) is 10.1 Å². The largest absolute Gasteiger partial charge is 0.449 e. The highest BCUT2D eigenvalue weighted by molar-refractivity contribution is 7.13. The van der Waals surface area contributed by atoms with Crippen LogP contribution in [0.3, 0.4) is 0 Å². The van der Waals surface area contributed by atoms with Crippen LogP contribution in [0.4, 0.5) is 5.13 Å². The zero-order valence-corrected chi connectivity index (χ0v) is 14.5. The molecular weight excluding hydrogens is 340 g/mol. The van der Waals surface area contributed by atoms with Crippen LogP contribution in [0.15, 0.2) is 42.0 Å². The molecule has 0 spiro atoms. The van der Waals surface area contributed by atoms with E-state index in [1.807, 2.05) is 12.3 Å². The number of rotatable bonds is 5. The first kappa shape index (κ1) is 16.8. The van der Waals surface area contributed by atoms with Crippen molar-refractivity contribution in [3.8, 4) is 11.4 Å². The Bertz CT molecular complexity index is 872. The third-order valence-electron chi connectivity index (χ3n) is 3.39. The lowest BCUT2D eigenvalue weighted by atomic mass is 10.1. The summed E-state index contributed by atoms with van der Waals surface area (Å²) in [5, 5.41) is 4.93. The van der Waals surface area contributed by atoms with E-state index in [0.717, 1.165) is 11.3 Å². The smallest absolute Gasteiger partial charge is 0.338 e. The molecule has 7 nitrogen and oxygen atoms in total. The van der Waals surface area contributed by atoms with Crippen molar-refractivity contribution in [3.05, 3.63) is 53.3 Å². The highest BCUT2D eigenvalue weighted by atomic mass is 32.1. The number of carbonyl (C=O) groups is 2. The van der Waals surface area contributed by atoms with Gasteiger partial charge < -0.3 is 9.72 Å². The molecule has 1 unspecified atom stereocenters. The van der Waals surface area contributed by atoms with E-state index in [4.69, 9.17) is 4.74 Å². The Hall–Kier alpha value is -3.00. The molecule has 128 valence electrons. The van der Waals surface area contributed by atoms with Crippen LogP contribution < -0.4 is 5.32 Å². The van der Waals surface area contributed by atoms with E-state index in [2.05, 4.69) is 20.3 Å². The third kappa shape index (κ3) is 4.10. The van der Waals surface area contributed by atoms with E-state index < -0.39 is 18.0 Å². The van der Waals surface area contributed by atoms with Crippen molar-refractivity contribution >= 4 is 28.3 Å². The van der Waals surface area contributed by atoms with Gasteiger partial charge in [0.25, 0.3) is 5.91 Å². The number of nitrogens with zero attached hydrogens (tertiary/aromatic N) is 2. The fourth-order valence-corrected chi connectivity index (χ4v) is 2.78. The number of aryl methyl sites for hydroxylation is 1. The van der Waals surface area contributed by atoms with Crippen LogP contribution in [0.1, 0.15) is 23.0 Å². The van der Waals surface area contributed by atoms with Gasteiger partial charge >= 0.3 is 5.97 Å². The lowest BCUT2D eigenvalue weighted by Crippen LogP contribution is -2.29. The molecule has 0 radical (unpaired) electrons. The normalized spacial score (nSPS) is 11.8. The van der Waals surface area contributed by atoms with Crippen LogP contribution in [-0.4, -0.2) is 32.9 Å². The summed E-state index contributed by atoms with van der Waals surface area (Å²) in [6.45, 7) is 3.35. The number of imidazole rings is 1. The number of thiazole rings is 1. The van der Waals surface area contributed by atoms with Gasteiger partial charge in [0.2, 0.25) is 0 Å². The van der Waals surface area contributed by atoms with Crippen LogP contribution in [0.25, 0.3) is 11.4 Å². The number of benzene rings is 1. The topological polar surface area (TPSA) is 97.0 Å². The third-order valence-corrected chi connectivity index (χ3v) is 4.27. The van der Waals surface area contributed by atoms with Gasteiger partial charge in [-0.2, -0.15) is 0 Å². The number of aromatic nitrogens is 3. The fraction of sp³-hybridized carbons (Fsp3) is 0.176. The molecule has 2 N–H and O–H groups in total. The monoisotopic (exact) mass is 356 g/mol. The Morgan fingerprint density at radius 3 is 2.64 bits per heavy atom. The molecule has 1 amide bonds. The molecule has 0 aliphatic heterocycles. The number of hydrogen-bond acceptors (Lipinski definition) is 6. The molecule has 0 saturated heterocycles. The number of ether oxygens (including phenoxy) is 1. The van der Waals surface area contributed by atoms with Gasteiger partial charge in [-0.25, -0.2) is 14.8 Å². The van der Waals surface area contributed by atoms with E-state index in [1.54, 1.807) is 36.7 Å². The van der Waals surface area contributed by atoms with Gasteiger partial charge in [0.05, 0.1) is 11.3 Å².